The summed E-state index contributed by atoms with van der Waals surface area (Å²) in [5, 5.41) is 2.78. The van der Waals surface area contributed by atoms with Crippen molar-refractivity contribution in [3.05, 3.63) is 42.2 Å². The van der Waals surface area contributed by atoms with Crippen molar-refractivity contribution < 1.29 is 0 Å². The second-order valence-corrected chi connectivity index (χ2v) is 13.6. The van der Waals surface area contributed by atoms with Crippen LogP contribution < -0.4 is 0 Å². The minimum atomic E-state index is 0.468. The molecule has 1 aromatic carbocycles. The first-order valence-corrected chi connectivity index (χ1v) is 14.9. The monoisotopic (exact) mass is 472 g/mol. The maximum absolute atomic E-state index is 4.41. The molecule has 2 heteroatoms. The maximum Gasteiger partial charge on any atom is 0.0346 e. The Hall–Kier alpha value is -1.41. The van der Waals surface area contributed by atoms with Crippen LogP contribution in [0.15, 0.2) is 36.7 Å². The van der Waals surface area contributed by atoms with Crippen LogP contribution in [0.5, 0.6) is 0 Å². The molecule has 0 N–H and O–H groups in total. The number of hydrogen-bond acceptors (Lipinski definition) is 2. The number of aromatic nitrogens is 1. The molecule has 6 rings (SSSR count). The maximum atomic E-state index is 4.41. The molecule has 2 nitrogen and oxygen atoms in total. The molecule has 9 unspecified atom stereocenters. The van der Waals surface area contributed by atoms with E-state index in [0.717, 1.165) is 35.6 Å². The van der Waals surface area contributed by atoms with Crippen molar-refractivity contribution in [2.24, 2.45) is 40.4 Å². The molecule has 0 bridgehead atoms. The van der Waals surface area contributed by atoms with Gasteiger partial charge in [-0.15, -0.1) is 0 Å². The average molecular weight is 473 g/mol. The number of benzene rings is 1. The van der Waals surface area contributed by atoms with E-state index in [0.29, 0.717) is 16.7 Å². The normalized spacial score (nSPS) is 41.9. The molecule has 4 aliphatic rings. The van der Waals surface area contributed by atoms with Crippen molar-refractivity contribution in [1.29, 1.82) is 0 Å². The zero-order chi connectivity index (χ0) is 24.4. The fraction of sp³-hybridized carbons (Fsp3) is 0.727. The van der Waals surface area contributed by atoms with Crippen LogP contribution >= 0.6 is 0 Å². The van der Waals surface area contributed by atoms with Crippen molar-refractivity contribution in [2.75, 3.05) is 14.1 Å². The van der Waals surface area contributed by atoms with Crippen molar-refractivity contribution in [3.8, 4) is 0 Å². The van der Waals surface area contributed by atoms with Crippen LogP contribution in [-0.4, -0.2) is 30.0 Å². The van der Waals surface area contributed by atoms with E-state index in [1.165, 1.54) is 75.0 Å². The summed E-state index contributed by atoms with van der Waals surface area (Å²) in [7, 11) is 4.66. The highest BCUT2D eigenvalue weighted by atomic mass is 15.1. The van der Waals surface area contributed by atoms with Crippen LogP contribution in [0.4, 0.5) is 0 Å². The Morgan fingerprint density at radius 2 is 1.74 bits per heavy atom. The molecule has 4 fully saturated rings. The van der Waals surface area contributed by atoms with Gasteiger partial charge in [0, 0.05) is 23.8 Å². The van der Waals surface area contributed by atoms with E-state index in [2.05, 4.69) is 75.2 Å². The molecule has 35 heavy (non-hydrogen) atoms. The third kappa shape index (κ3) is 3.56. The van der Waals surface area contributed by atoms with E-state index in [1.807, 2.05) is 6.20 Å². The van der Waals surface area contributed by atoms with E-state index < -0.39 is 0 Å². The van der Waals surface area contributed by atoms with Crippen molar-refractivity contribution in [1.82, 2.24) is 9.88 Å². The minimum Gasteiger partial charge on any atom is -0.306 e. The van der Waals surface area contributed by atoms with Gasteiger partial charge in [0.2, 0.25) is 0 Å². The van der Waals surface area contributed by atoms with Crippen molar-refractivity contribution in [2.45, 2.75) is 96.9 Å². The SMILES string of the molecule is CCC(C)C12CCC3C(CCC4(C)C(c5cccc6cnccc56)CCC34)C1CCC(N(C)C)C2. The Balaban J connectivity index is 1.31. The van der Waals surface area contributed by atoms with Crippen LogP contribution in [0.3, 0.4) is 0 Å². The van der Waals surface area contributed by atoms with Crippen LogP contribution in [-0.2, 0) is 0 Å². The van der Waals surface area contributed by atoms with Crippen molar-refractivity contribution >= 4 is 10.8 Å². The van der Waals surface area contributed by atoms with E-state index in [-0.39, 0.29) is 0 Å². The van der Waals surface area contributed by atoms with Gasteiger partial charge in [-0.2, -0.15) is 0 Å². The highest BCUT2D eigenvalue weighted by Gasteiger charge is 2.61. The number of rotatable bonds is 4. The molecule has 0 radical (unpaired) electrons. The molecule has 1 aromatic heterocycles. The van der Waals surface area contributed by atoms with Crippen LogP contribution in [0.25, 0.3) is 10.8 Å². The number of nitrogens with zero attached hydrogens (tertiary/aromatic N) is 2. The summed E-state index contributed by atoms with van der Waals surface area (Å²) in [5.74, 6) is 5.42. The van der Waals surface area contributed by atoms with Crippen LogP contribution in [0.2, 0.25) is 0 Å². The lowest BCUT2D eigenvalue weighted by Crippen LogP contribution is -2.56. The smallest absolute Gasteiger partial charge is 0.0346 e. The van der Waals surface area contributed by atoms with Gasteiger partial charge in [0.25, 0.3) is 0 Å². The summed E-state index contributed by atoms with van der Waals surface area (Å²) in [4.78, 5) is 6.96. The summed E-state index contributed by atoms with van der Waals surface area (Å²) >= 11 is 0. The van der Waals surface area contributed by atoms with E-state index in [9.17, 15) is 0 Å². The largest absolute Gasteiger partial charge is 0.306 e. The molecule has 0 spiro atoms. The Labute approximate surface area is 214 Å². The molecule has 1 heterocycles. The quantitative estimate of drug-likeness (QED) is 0.445. The summed E-state index contributed by atoms with van der Waals surface area (Å²) in [6, 6.07) is 10.0. The molecule has 4 aliphatic carbocycles. The second kappa shape index (κ2) is 8.86. The van der Waals surface area contributed by atoms with E-state index >= 15 is 0 Å². The summed E-state index contributed by atoms with van der Waals surface area (Å²) in [6.07, 6.45) is 18.5. The molecular weight excluding hydrogens is 424 g/mol. The fourth-order valence-electron chi connectivity index (χ4n) is 10.6. The predicted octanol–water partition coefficient (Wildman–Crippen LogP) is 8.32. The lowest BCUT2D eigenvalue weighted by molar-refractivity contribution is -0.130. The number of hydrogen-bond donors (Lipinski definition) is 0. The number of pyridine rings is 1. The van der Waals surface area contributed by atoms with Gasteiger partial charge in [-0.05, 0) is 135 Å². The van der Waals surface area contributed by atoms with Gasteiger partial charge < -0.3 is 4.90 Å². The summed E-state index contributed by atoms with van der Waals surface area (Å²) in [6.45, 7) is 7.77. The molecule has 4 saturated carbocycles. The Bertz CT molecular complexity index is 1050. The Kier molecular flexibility index (Phi) is 6.06. The summed E-state index contributed by atoms with van der Waals surface area (Å²) < 4.78 is 0. The minimum absolute atomic E-state index is 0.468. The molecule has 9 atom stereocenters. The highest BCUT2D eigenvalue weighted by molar-refractivity contribution is 5.85. The zero-order valence-corrected chi connectivity index (χ0v) is 23.0. The van der Waals surface area contributed by atoms with Crippen molar-refractivity contribution in [3.63, 3.8) is 0 Å². The first kappa shape index (κ1) is 24.0. The predicted molar refractivity (Wildman–Crippen MR) is 147 cm³/mol. The van der Waals surface area contributed by atoms with Gasteiger partial charge in [0.15, 0.2) is 0 Å². The first-order valence-electron chi connectivity index (χ1n) is 14.9. The third-order valence-electron chi connectivity index (χ3n) is 12.5. The van der Waals surface area contributed by atoms with E-state index in [1.54, 1.807) is 5.56 Å². The summed E-state index contributed by atoms with van der Waals surface area (Å²) in [5.41, 5.74) is 2.68. The molecule has 0 saturated heterocycles. The number of fused-ring (bicyclic) bond motifs is 6. The molecule has 0 amide bonds. The average Bonchev–Trinajstić information content (AvgIpc) is 3.24. The van der Waals surface area contributed by atoms with Gasteiger partial charge >= 0.3 is 0 Å². The van der Waals surface area contributed by atoms with Crippen LogP contribution in [0.1, 0.15) is 96.5 Å². The lowest BCUT2D eigenvalue weighted by Gasteiger charge is -2.63. The van der Waals surface area contributed by atoms with Crippen LogP contribution in [0, 0.1) is 40.4 Å². The lowest BCUT2D eigenvalue weighted by atomic mass is 9.43. The molecule has 2 aromatic rings. The van der Waals surface area contributed by atoms with Gasteiger partial charge in [-0.3, -0.25) is 4.98 Å². The standard InChI is InChI=1S/C33H48N2/c1-6-22(2)33-18-15-27-28(31(33)11-10-24(20-33)35(4)5)14-17-32(3)29(12-13-30(27)32)26-9-7-8-23-21-34-19-16-25(23)26/h7-9,16,19,21-22,24,27-31H,6,10-15,17-18,20H2,1-5H3. The Morgan fingerprint density at radius 1 is 0.971 bits per heavy atom. The van der Waals surface area contributed by atoms with Gasteiger partial charge in [-0.25, -0.2) is 0 Å². The molecular formula is C33H48N2. The Morgan fingerprint density at radius 3 is 2.54 bits per heavy atom. The molecule has 190 valence electrons. The fourth-order valence-corrected chi connectivity index (χ4v) is 10.6. The second-order valence-electron chi connectivity index (χ2n) is 13.6. The van der Waals surface area contributed by atoms with E-state index in [4.69, 9.17) is 0 Å². The first-order chi connectivity index (χ1) is 16.9. The highest BCUT2D eigenvalue weighted by Crippen LogP contribution is 2.69. The zero-order valence-electron chi connectivity index (χ0n) is 23.0. The topological polar surface area (TPSA) is 16.1 Å². The van der Waals surface area contributed by atoms with Gasteiger partial charge in [0.1, 0.15) is 0 Å². The third-order valence-corrected chi connectivity index (χ3v) is 12.5. The van der Waals surface area contributed by atoms with Gasteiger partial charge in [-0.1, -0.05) is 45.4 Å². The molecule has 0 aliphatic heterocycles. The van der Waals surface area contributed by atoms with Gasteiger partial charge in [0.05, 0.1) is 0 Å².